The van der Waals surface area contributed by atoms with Gasteiger partial charge in [-0.25, -0.2) is 9.37 Å². The highest BCUT2D eigenvalue weighted by molar-refractivity contribution is 5.91. The van der Waals surface area contributed by atoms with E-state index in [4.69, 9.17) is 4.42 Å². The van der Waals surface area contributed by atoms with Crippen molar-refractivity contribution >= 4 is 22.7 Å². The first-order valence-electron chi connectivity index (χ1n) is 6.06. The second kappa shape index (κ2) is 4.77. The number of benzene rings is 2. The van der Waals surface area contributed by atoms with Gasteiger partial charge < -0.3 is 9.73 Å². The number of nitrogens with zero attached hydrogens (tertiary/aromatic N) is 1. The smallest absolute Gasteiger partial charge is 0.227 e. The van der Waals surface area contributed by atoms with Crippen LogP contribution in [0.3, 0.4) is 0 Å². The molecule has 100 valence electrons. The van der Waals surface area contributed by atoms with Crippen LogP contribution < -0.4 is 5.32 Å². The second-order valence-electron chi connectivity index (χ2n) is 4.39. The number of nitrogens with one attached hydrogen (secondary N) is 1. The van der Waals surface area contributed by atoms with Crippen molar-refractivity contribution in [1.29, 1.82) is 0 Å². The van der Waals surface area contributed by atoms with Crippen LogP contribution in [0.2, 0.25) is 0 Å². The van der Waals surface area contributed by atoms with Gasteiger partial charge in [-0.05, 0) is 42.5 Å². The van der Waals surface area contributed by atoms with Gasteiger partial charge in [-0.2, -0.15) is 0 Å². The zero-order valence-electron chi connectivity index (χ0n) is 10.7. The van der Waals surface area contributed by atoms with E-state index in [-0.39, 0.29) is 11.7 Å². The highest BCUT2D eigenvalue weighted by atomic mass is 19.1. The summed E-state index contributed by atoms with van der Waals surface area (Å²) in [5.74, 6) is -0.0376. The van der Waals surface area contributed by atoms with Gasteiger partial charge in [0, 0.05) is 18.2 Å². The van der Waals surface area contributed by atoms with Gasteiger partial charge in [-0.1, -0.05) is 0 Å². The van der Waals surface area contributed by atoms with Gasteiger partial charge in [-0.15, -0.1) is 0 Å². The molecule has 1 heterocycles. The first-order valence-corrected chi connectivity index (χ1v) is 6.06. The fraction of sp³-hybridized carbons (Fsp3) is 0.0667. The number of hydrogen-bond donors (Lipinski definition) is 1. The number of carbonyl (C=O) groups excluding carboxylic acids is 1. The highest BCUT2D eigenvalue weighted by Gasteiger charge is 2.09. The number of anilines is 1. The molecule has 1 N–H and O–H groups in total. The van der Waals surface area contributed by atoms with Crippen LogP contribution in [0, 0.1) is 5.82 Å². The van der Waals surface area contributed by atoms with E-state index in [0.29, 0.717) is 28.2 Å². The monoisotopic (exact) mass is 270 g/mol. The lowest BCUT2D eigenvalue weighted by Crippen LogP contribution is -2.05. The molecule has 0 fully saturated rings. The highest BCUT2D eigenvalue weighted by Crippen LogP contribution is 2.26. The van der Waals surface area contributed by atoms with Gasteiger partial charge in [0.15, 0.2) is 5.58 Å². The van der Waals surface area contributed by atoms with E-state index in [9.17, 15) is 9.18 Å². The largest absolute Gasteiger partial charge is 0.436 e. The van der Waals surface area contributed by atoms with Crippen molar-refractivity contribution in [3.8, 4) is 11.5 Å². The van der Waals surface area contributed by atoms with Crippen molar-refractivity contribution in [2.45, 2.75) is 6.92 Å². The zero-order chi connectivity index (χ0) is 14.1. The van der Waals surface area contributed by atoms with Gasteiger partial charge in [0.25, 0.3) is 0 Å². The lowest BCUT2D eigenvalue weighted by Gasteiger charge is -1.99. The Hall–Kier alpha value is -2.69. The topological polar surface area (TPSA) is 55.1 Å². The van der Waals surface area contributed by atoms with Crippen molar-refractivity contribution in [3.63, 3.8) is 0 Å². The summed E-state index contributed by atoms with van der Waals surface area (Å²) in [6.45, 7) is 1.44. The van der Waals surface area contributed by atoms with Crippen LogP contribution in [0.5, 0.6) is 0 Å². The van der Waals surface area contributed by atoms with E-state index >= 15 is 0 Å². The molecule has 0 bridgehead atoms. The Morgan fingerprint density at radius 2 is 1.95 bits per heavy atom. The number of fused-ring (bicyclic) bond motifs is 1. The molecule has 1 amide bonds. The lowest BCUT2D eigenvalue weighted by atomic mass is 10.2. The molecule has 3 rings (SSSR count). The zero-order valence-corrected chi connectivity index (χ0v) is 10.7. The molecule has 3 aromatic rings. The van der Waals surface area contributed by atoms with Gasteiger partial charge in [0.1, 0.15) is 11.3 Å². The normalized spacial score (nSPS) is 10.7. The summed E-state index contributed by atoms with van der Waals surface area (Å²) in [5.41, 5.74) is 2.60. The Bertz CT molecular complexity index is 778. The standard InChI is InChI=1S/C15H11FN2O2/c1-9(19)17-12-6-7-14-13(8-12)18-15(20-14)10-2-4-11(16)5-3-10/h2-8H,1H3,(H,17,19). The van der Waals surface area contributed by atoms with Crippen LogP contribution in [0.25, 0.3) is 22.6 Å². The van der Waals surface area contributed by atoms with E-state index in [1.165, 1.54) is 19.1 Å². The Balaban J connectivity index is 2.01. The summed E-state index contributed by atoms with van der Waals surface area (Å²) in [4.78, 5) is 15.4. The summed E-state index contributed by atoms with van der Waals surface area (Å²) in [5, 5.41) is 2.68. The molecule has 0 saturated carbocycles. The number of halogens is 1. The lowest BCUT2D eigenvalue weighted by molar-refractivity contribution is -0.114. The predicted octanol–water partition coefficient (Wildman–Crippen LogP) is 3.59. The Labute approximate surface area is 114 Å². The molecular weight excluding hydrogens is 259 g/mol. The molecule has 0 aliphatic rings. The van der Waals surface area contributed by atoms with Gasteiger partial charge >= 0.3 is 0 Å². The summed E-state index contributed by atoms with van der Waals surface area (Å²) < 4.78 is 18.5. The maximum atomic E-state index is 12.9. The molecule has 0 atom stereocenters. The predicted molar refractivity (Wildman–Crippen MR) is 73.7 cm³/mol. The van der Waals surface area contributed by atoms with Crippen molar-refractivity contribution in [1.82, 2.24) is 4.98 Å². The molecular formula is C15H11FN2O2. The minimum absolute atomic E-state index is 0.147. The fourth-order valence-electron chi connectivity index (χ4n) is 1.92. The Morgan fingerprint density at radius 1 is 1.20 bits per heavy atom. The molecule has 0 saturated heterocycles. The first kappa shape index (κ1) is 12.3. The van der Waals surface area contributed by atoms with Gasteiger partial charge in [-0.3, -0.25) is 4.79 Å². The average Bonchev–Trinajstić information content (AvgIpc) is 2.81. The summed E-state index contributed by atoms with van der Waals surface area (Å²) in [6.07, 6.45) is 0. The third-order valence-electron chi connectivity index (χ3n) is 2.80. The van der Waals surface area contributed by atoms with E-state index in [2.05, 4.69) is 10.3 Å². The van der Waals surface area contributed by atoms with E-state index < -0.39 is 0 Å². The van der Waals surface area contributed by atoms with E-state index in [1.54, 1.807) is 30.3 Å². The van der Waals surface area contributed by atoms with Crippen LogP contribution in [0.15, 0.2) is 46.9 Å². The quantitative estimate of drug-likeness (QED) is 0.774. The number of carbonyl (C=O) groups is 1. The molecule has 0 aliphatic carbocycles. The molecule has 5 heteroatoms. The van der Waals surface area contributed by atoms with Gasteiger partial charge in [0.05, 0.1) is 0 Å². The SMILES string of the molecule is CC(=O)Nc1ccc2oc(-c3ccc(F)cc3)nc2c1. The number of hydrogen-bond acceptors (Lipinski definition) is 3. The van der Waals surface area contributed by atoms with E-state index in [0.717, 1.165) is 0 Å². The van der Waals surface area contributed by atoms with Crippen LogP contribution in [-0.2, 0) is 4.79 Å². The molecule has 0 aliphatic heterocycles. The molecule has 0 spiro atoms. The van der Waals surface area contributed by atoms with Gasteiger partial charge in [0.2, 0.25) is 11.8 Å². The summed E-state index contributed by atoms with van der Waals surface area (Å²) >= 11 is 0. The molecule has 0 radical (unpaired) electrons. The summed E-state index contributed by atoms with van der Waals surface area (Å²) in [6, 6.07) is 11.1. The average molecular weight is 270 g/mol. The maximum Gasteiger partial charge on any atom is 0.227 e. The second-order valence-corrected chi connectivity index (χ2v) is 4.39. The fourth-order valence-corrected chi connectivity index (χ4v) is 1.92. The van der Waals surface area contributed by atoms with Crippen LogP contribution in [0.4, 0.5) is 10.1 Å². The summed E-state index contributed by atoms with van der Waals surface area (Å²) in [7, 11) is 0. The molecule has 20 heavy (non-hydrogen) atoms. The van der Waals surface area contributed by atoms with Crippen LogP contribution >= 0.6 is 0 Å². The number of aromatic nitrogens is 1. The molecule has 4 nitrogen and oxygen atoms in total. The minimum atomic E-state index is -0.308. The van der Waals surface area contributed by atoms with Crippen molar-refractivity contribution < 1.29 is 13.6 Å². The van der Waals surface area contributed by atoms with Crippen LogP contribution in [-0.4, -0.2) is 10.9 Å². The molecule has 0 unspecified atom stereocenters. The van der Waals surface area contributed by atoms with Crippen molar-refractivity contribution in [2.75, 3.05) is 5.32 Å². The first-order chi connectivity index (χ1) is 9.61. The third-order valence-corrected chi connectivity index (χ3v) is 2.80. The van der Waals surface area contributed by atoms with E-state index in [1.807, 2.05) is 0 Å². The van der Waals surface area contributed by atoms with Crippen molar-refractivity contribution in [3.05, 3.63) is 48.3 Å². The van der Waals surface area contributed by atoms with Crippen LogP contribution in [0.1, 0.15) is 6.92 Å². The maximum absolute atomic E-state index is 12.9. The molecule has 2 aromatic carbocycles. The number of amides is 1. The number of rotatable bonds is 2. The minimum Gasteiger partial charge on any atom is -0.436 e. The van der Waals surface area contributed by atoms with Crippen molar-refractivity contribution in [2.24, 2.45) is 0 Å². The third kappa shape index (κ3) is 2.38. The Morgan fingerprint density at radius 3 is 2.65 bits per heavy atom. The Kier molecular flexibility index (Phi) is 2.95. The number of oxazole rings is 1. The molecule has 1 aromatic heterocycles.